The molecule has 0 aromatic carbocycles. The first kappa shape index (κ1) is 15.8. The molecule has 0 spiro atoms. The van der Waals surface area contributed by atoms with Gasteiger partial charge in [-0.3, -0.25) is 11.3 Å². The van der Waals surface area contributed by atoms with Crippen molar-refractivity contribution in [3.8, 4) is 0 Å². The van der Waals surface area contributed by atoms with Crippen molar-refractivity contribution in [3.63, 3.8) is 0 Å². The average molecular weight is 252 g/mol. The summed E-state index contributed by atoms with van der Waals surface area (Å²) in [5, 5.41) is 0. The highest BCUT2D eigenvalue weighted by Crippen LogP contribution is 2.08. The van der Waals surface area contributed by atoms with Crippen molar-refractivity contribution in [1.82, 2.24) is 5.43 Å². The van der Waals surface area contributed by atoms with Gasteiger partial charge in [-0.1, -0.05) is 0 Å². The Kier molecular flexibility index (Phi) is 7.91. The van der Waals surface area contributed by atoms with E-state index in [0.29, 0.717) is 6.42 Å². The summed E-state index contributed by atoms with van der Waals surface area (Å²) in [5.74, 6) is 5.64. The van der Waals surface area contributed by atoms with Gasteiger partial charge in [-0.15, -0.1) is 0 Å². The normalized spacial score (nSPS) is 16.0. The number of rotatable bonds is 9. The van der Waals surface area contributed by atoms with Crippen LogP contribution in [0.1, 0.15) is 32.6 Å². The summed E-state index contributed by atoms with van der Waals surface area (Å²) in [5.41, 5.74) is 2.72. The van der Waals surface area contributed by atoms with Crippen molar-refractivity contribution in [2.24, 2.45) is 5.84 Å². The molecule has 0 aliphatic heterocycles. The van der Waals surface area contributed by atoms with Crippen LogP contribution in [-0.4, -0.2) is 39.7 Å². The van der Waals surface area contributed by atoms with E-state index in [2.05, 4.69) is 5.43 Å². The van der Waals surface area contributed by atoms with Crippen LogP contribution in [0.5, 0.6) is 0 Å². The lowest BCUT2D eigenvalue weighted by Gasteiger charge is -2.17. The molecular weight excluding hydrogens is 228 g/mol. The lowest BCUT2D eigenvalue weighted by Crippen LogP contribution is -2.36. The lowest BCUT2D eigenvalue weighted by atomic mass is 10.1. The molecule has 3 N–H and O–H groups in total. The quantitative estimate of drug-likeness (QED) is 0.460. The summed E-state index contributed by atoms with van der Waals surface area (Å²) >= 11 is 0. The summed E-state index contributed by atoms with van der Waals surface area (Å²) < 4.78 is 27.0. The van der Waals surface area contributed by atoms with Gasteiger partial charge in [-0.05, 0) is 32.6 Å². The minimum absolute atomic E-state index is 0.166. The summed E-state index contributed by atoms with van der Waals surface area (Å²) in [6.45, 7) is 2.00. The fourth-order valence-electron chi connectivity index (χ4n) is 1.46. The Labute approximate surface area is 98.6 Å². The van der Waals surface area contributed by atoms with Crippen molar-refractivity contribution < 1.29 is 13.2 Å². The number of nitrogens with two attached hydrogens (primary N) is 1. The zero-order valence-electron chi connectivity index (χ0n) is 10.4. The number of nitrogens with one attached hydrogen (secondary N) is 1. The van der Waals surface area contributed by atoms with E-state index in [1.54, 1.807) is 7.11 Å². The summed E-state index contributed by atoms with van der Waals surface area (Å²) in [7, 11) is -1.18. The predicted octanol–water partition coefficient (Wildman–Crippen LogP) is 0.458. The van der Waals surface area contributed by atoms with Gasteiger partial charge in [0.25, 0.3) is 0 Å². The molecule has 0 bridgehead atoms. The standard InChI is InChI=1S/C10H24N2O3S/c1-9(15-2)6-7-10(12-11)5-4-8-16(3,13)14/h9-10,12H,4-8,11H2,1-3H3. The SMILES string of the molecule is COC(C)CCC(CCCS(C)(=O)=O)NN. The third-order valence-corrected chi connectivity index (χ3v) is 3.66. The van der Waals surface area contributed by atoms with E-state index in [9.17, 15) is 8.42 Å². The second-order valence-corrected chi connectivity index (χ2v) is 6.52. The van der Waals surface area contributed by atoms with Crippen LogP contribution in [0.2, 0.25) is 0 Å². The van der Waals surface area contributed by atoms with Gasteiger partial charge in [0, 0.05) is 25.2 Å². The van der Waals surface area contributed by atoms with Gasteiger partial charge < -0.3 is 4.74 Å². The van der Waals surface area contributed by atoms with E-state index < -0.39 is 9.84 Å². The Morgan fingerprint density at radius 2 is 1.94 bits per heavy atom. The minimum atomic E-state index is -2.86. The first-order chi connectivity index (χ1) is 7.39. The zero-order valence-corrected chi connectivity index (χ0v) is 11.2. The van der Waals surface area contributed by atoms with Gasteiger partial charge in [-0.2, -0.15) is 0 Å². The molecule has 0 aromatic heterocycles. The van der Waals surface area contributed by atoms with Crippen molar-refractivity contribution in [3.05, 3.63) is 0 Å². The average Bonchev–Trinajstić information content (AvgIpc) is 2.20. The number of ether oxygens (including phenoxy) is 1. The van der Waals surface area contributed by atoms with Crippen LogP contribution in [0.15, 0.2) is 0 Å². The maximum absolute atomic E-state index is 10.9. The van der Waals surface area contributed by atoms with E-state index in [0.717, 1.165) is 19.3 Å². The lowest BCUT2D eigenvalue weighted by molar-refractivity contribution is 0.105. The Hall–Kier alpha value is -0.170. The van der Waals surface area contributed by atoms with Crippen LogP contribution < -0.4 is 11.3 Å². The summed E-state index contributed by atoms with van der Waals surface area (Å²) in [6, 6.07) is 0.166. The molecule has 98 valence electrons. The molecule has 0 saturated heterocycles. The first-order valence-corrected chi connectivity index (χ1v) is 7.61. The van der Waals surface area contributed by atoms with Gasteiger partial charge in [0.1, 0.15) is 9.84 Å². The number of sulfone groups is 1. The Morgan fingerprint density at radius 3 is 2.38 bits per heavy atom. The van der Waals surface area contributed by atoms with Crippen LogP contribution in [0.3, 0.4) is 0 Å². The third-order valence-electron chi connectivity index (χ3n) is 2.63. The molecule has 5 nitrogen and oxygen atoms in total. The molecule has 16 heavy (non-hydrogen) atoms. The topological polar surface area (TPSA) is 81.4 Å². The van der Waals surface area contributed by atoms with Gasteiger partial charge in [0.2, 0.25) is 0 Å². The number of hydrogen-bond acceptors (Lipinski definition) is 5. The minimum Gasteiger partial charge on any atom is -0.382 e. The second kappa shape index (κ2) is 8.00. The number of hydrogen-bond donors (Lipinski definition) is 2. The van der Waals surface area contributed by atoms with Crippen LogP contribution in [-0.2, 0) is 14.6 Å². The van der Waals surface area contributed by atoms with Crippen LogP contribution >= 0.6 is 0 Å². The maximum atomic E-state index is 10.9. The Balaban J connectivity index is 3.75. The van der Waals surface area contributed by atoms with Gasteiger partial charge in [-0.25, -0.2) is 8.42 Å². The molecule has 0 aliphatic rings. The van der Waals surface area contributed by atoms with Crippen LogP contribution in [0.4, 0.5) is 0 Å². The highest BCUT2D eigenvalue weighted by molar-refractivity contribution is 7.90. The number of hydrazine groups is 1. The summed E-state index contributed by atoms with van der Waals surface area (Å²) in [4.78, 5) is 0. The van der Waals surface area contributed by atoms with Gasteiger partial charge in [0.05, 0.1) is 6.10 Å². The van der Waals surface area contributed by atoms with E-state index in [1.807, 2.05) is 6.92 Å². The molecule has 0 saturated carbocycles. The highest BCUT2D eigenvalue weighted by atomic mass is 32.2. The smallest absolute Gasteiger partial charge is 0.147 e. The fraction of sp³-hybridized carbons (Fsp3) is 1.00. The molecule has 0 aliphatic carbocycles. The predicted molar refractivity (Wildman–Crippen MR) is 65.8 cm³/mol. The van der Waals surface area contributed by atoms with Gasteiger partial charge >= 0.3 is 0 Å². The third kappa shape index (κ3) is 9.08. The zero-order chi connectivity index (χ0) is 12.6. The van der Waals surface area contributed by atoms with E-state index in [-0.39, 0.29) is 17.9 Å². The molecule has 0 heterocycles. The molecule has 2 atom stereocenters. The van der Waals surface area contributed by atoms with E-state index in [4.69, 9.17) is 10.6 Å². The Morgan fingerprint density at radius 1 is 1.31 bits per heavy atom. The van der Waals surface area contributed by atoms with Crippen molar-refractivity contribution >= 4 is 9.84 Å². The van der Waals surface area contributed by atoms with Crippen molar-refractivity contribution in [2.45, 2.75) is 44.8 Å². The molecule has 0 rings (SSSR count). The van der Waals surface area contributed by atoms with Gasteiger partial charge in [0.15, 0.2) is 0 Å². The van der Waals surface area contributed by atoms with Crippen molar-refractivity contribution in [2.75, 3.05) is 19.1 Å². The van der Waals surface area contributed by atoms with E-state index in [1.165, 1.54) is 6.26 Å². The second-order valence-electron chi connectivity index (χ2n) is 4.26. The fourth-order valence-corrected chi connectivity index (χ4v) is 2.15. The van der Waals surface area contributed by atoms with Crippen molar-refractivity contribution in [1.29, 1.82) is 0 Å². The first-order valence-electron chi connectivity index (χ1n) is 5.55. The van der Waals surface area contributed by atoms with Crippen LogP contribution in [0.25, 0.3) is 0 Å². The molecular formula is C10H24N2O3S. The largest absolute Gasteiger partial charge is 0.382 e. The maximum Gasteiger partial charge on any atom is 0.147 e. The molecule has 6 heteroatoms. The highest BCUT2D eigenvalue weighted by Gasteiger charge is 2.10. The van der Waals surface area contributed by atoms with Crippen LogP contribution in [0, 0.1) is 0 Å². The number of methoxy groups -OCH3 is 1. The van der Waals surface area contributed by atoms with E-state index >= 15 is 0 Å². The molecule has 0 fully saturated rings. The molecule has 0 aromatic rings. The molecule has 0 radical (unpaired) electrons. The molecule has 2 unspecified atom stereocenters. The Bertz CT molecular complexity index is 267. The summed E-state index contributed by atoms with van der Waals surface area (Å²) in [6.07, 6.45) is 4.71. The molecule has 0 amide bonds. The monoisotopic (exact) mass is 252 g/mol.